The van der Waals surface area contributed by atoms with Crippen LogP contribution in [0.2, 0.25) is 5.02 Å². The lowest BCUT2D eigenvalue weighted by molar-refractivity contribution is 0.307. The molecular formula is C13H15ClN2O. The number of hydrogen-bond donors (Lipinski definition) is 1. The zero-order valence-electron chi connectivity index (χ0n) is 9.74. The van der Waals surface area contributed by atoms with Crippen LogP contribution in [0, 0.1) is 0 Å². The molecule has 1 aromatic carbocycles. The van der Waals surface area contributed by atoms with Crippen LogP contribution >= 0.6 is 11.6 Å². The van der Waals surface area contributed by atoms with E-state index >= 15 is 0 Å². The van der Waals surface area contributed by atoms with Crippen molar-refractivity contribution in [1.82, 2.24) is 10.3 Å². The summed E-state index contributed by atoms with van der Waals surface area (Å²) in [6, 6.07) is 7.66. The first kappa shape index (κ1) is 12.1. The monoisotopic (exact) mass is 250 g/mol. The molecule has 0 bridgehead atoms. The van der Waals surface area contributed by atoms with E-state index in [0.29, 0.717) is 17.5 Å². The van der Waals surface area contributed by atoms with Crippen molar-refractivity contribution in [3.8, 4) is 5.88 Å². The number of benzene rings is 1. The molecule has 3 nitrogen and oxygen atoms in total. The minimum Gasteiger partial charge on any atom is -0.476 e. The number of halogens is 1. The second-order valence-electron chi connectivity index (χ2n) is 3.68. The van der Waals surface area contributed by atoms with Crippen molar-refractivity contribution >= 4 is 22.4 Å². The van der Waals surface area contributed by atoms with Gasteiger partial charge in [0.15, 0.2) is 0 Å². The summed E-state index contributed by atoms with van der Waals surface area (Å²) in [6.07, 6.45) is 1.75. The zero-order chi connectivity index (χ0) is 12.1. The summed E-state index contributed by atoms with van der Waals surface area (Å²) in [6.45, 7) is 4.43. The second-order valence-corrected chi connectivity index (χ2v) is 4.12. The largest absolute Gasteiger partial charge is 0.476 e. The number of fused-ring (bicyclic) bond motifs is 1. The Labute approximate surface area is 106 Å². The van der Waals surface area contributed by atoms with Gasteiger partial charge in [-0.3, -0.25) is 0 Å². The third kappa shape index (κ3) is 3.08. The van der Waals surface area contributed by atoms with Crippen LogP contribution in [0.15, 0.2) is 30.5 Å². The van der Waals surface area contributed by atoms with E-state index in [-0.39, 0.29) is 0 Å². The van der Waals surface area contributed by atoms with Crippen molar-refractivity contribution < 1.29 is 4.74 Å². The van der Waals surface area contributed by atoms with Gasteiger partial charge in [-0.15, -0.1) is 0 Å². The number of aromatic nitrogens is 1. The molecule has 4 heteroatoms. The first-order chi connectivity index (χ1) is 8.31. The van der Waals surface area contributed by atoms with E-state index in [1.165, 1.54) is 0 Å². The molecule has 0 saturated carbocycles. The van der Waals surface area contributed by atoms with Crippen molar-refractivity contribution in [3.63, 3.8) is 0 Å². The lowest BCUT2D eigenvalue weighted by atomic mass is 10.2. The van der Waals surface area contributed by atoms with Gasteiger partial charge in [0.1, 0.15) is 6.61 Å². The highest BCUT2D eigenvalue weighted by Crippen LogP contribution is 2.25. The summed E-state index contributed by atoms with van der Waals surface area (Å²) in [4.78, 5) is 4.24. The quantitative estimate of drug-likeness (QED) is 0.829. The maximum absolute atomic E-state index is 5.98. The molecule has 0 aliphatic heterocycles. The molecule has 1 N–H and O–H groups in total. The first-order valence-corrected chi connectivity index (χ1v) is 6.07. The Balaban J connectivity index is 2.18. The van der Waals surface area contributed by atoms with Gasteiger partial charge >= 0.3 is 0 Å². The second kappa shape index (κ2) is 5.84. The van der Waals surface area contributed by atoms with Gasteiger partial charge in [0.05, 0.1) is 0 Å². The van der Waals surface area contributed by atoms with Gasteiger partial charge in [0, 0.05) is 23.2 Å². The highest BCUT2D eigenvalue weighted by molar-refractivity contribution is 6.31. The van der Waals surface area contributed by atoms with Crippen molar-refractivity contribution in [1.29, 1.82) is 0 Å². The summed E-state index contributed by atoms with van der Waals surface area (Å²) < 4.78 is 5.64. The third-order valence-electron chi connectivity index (χ3n) is 2.46. The number of rotatable bonds is 5. The van der Waals surface area contributed by atoms with Crippen LogP contribution < -0.4 is 10.1 Å². The number of likely N-dealkylation sites (N-methyl/N-ethyl adjacent to an activating group) is 1. The molecule has 90 valence electrons. The van der Waals surface area contributed by atoms with E-state index in [0.717, 1.165) is 23.9 Å². The first-order valence-electron chi connectivity index (χ1n) is 5.69. The van der Waals surface area contributed by atoms with Gasteiger partial charge < -0.3 is 10.1 Å². The molecule has 17 heavy (non-hydrogen) atoms. The summed E-state index contributed by atoms with van der Waals surface area (Å²) in [5.74, 6) is 0.642. The number of nitrogens with one attached hydrogen (secondary N) is 1. The number of nitrogens with zero attached hydrogens (tertiary/aromatic N) is 1. The minimum absolute atomic E-state index is 0.604. The molecule has 0 unspecified atom stereocenters. The van der Waals surface area contributed by atoms with Gasteiger partial charge in [-0.25, -0.2) is 4.98 Å². The molecule has 2 aromatic rings. The predicted octanol–water partition coefficient (Wildman–Crippen LogP) is 2.88. The molecule has 0 fully saturated rings. The summed E-state index contributed by atoms with van der Waals surface area (Å²) >= 11 is 5.98. The third-order valence-corrected chi connectivity index (χ3v) is 2.69. The van der Waals surface area contributed by atoms with Crippen molar-refractivity contribution in [2.24, 2.45) is 0 Å². The SMILES string of the molecule is CCNCCOc1nccc2ccc(Cl)cc12. The number of hydrogen-bond acceptors (Lipinski definition) is 3. The summed E-state index contributed by atoms with van der Waals surface area (Å²) in [5.41, 5.74) is 0. The van der Waals surface area contributed by atoms with Gasteiger partial charge in [-0.2, -0.15) is 0 Å². The fraction of sp³-hybridized carbons (Fsp3) is 0.308. The summed E-state index contributed by atoms with van der Waals surface area (Å²) in [7, 11) is 0. The Bertz CT molecular complexity index is 502. The Kier molecular flexibility index (Phi) is 4.18. The normalized spacial score (nSPS) is 10.7. The van der Waals surface area contributed by atoms with Crippen molar-refractivity contribution in [2.75, 3.05) is 19.7 Å². The van der Waals surface area contributed by atoms with Crippen molar-refractivity contribution in [3.05, 3.63) is 35.5 Å². The minimum atomic E-state index is 0.604. The zero-order valence-corrected chi connectivity index (χ0v) is 10.5. The molecule has 0 amide bonds. The predicted molar refractivity (Wildman–Crippen MR) is 70.8 cm³/mol. The van der Waals surface area contributed by atoms with E-state index in [2.05, 4.69) is 17.2 Å². The maximum Gasteiger partial charge on any atom is 0.221 e. The molecular weight excluding hydrogens is 236 g/mol. The Morgan fingerprint density at radius 1 is 1.35 bits per heavy atom. The van der Waals surface area contributed by atoms with E-state index < -0.39 is 0 Å². The van der Waals surface area contributed by atoms with Gasteiger partial charge in [-0.05, 0) is 30.1 Å². The van der Waals surface area contributed by atoms with Crippen molar-refractivity contribution in [2.45, 2.75) is 6.92 Å². The molecule has 0 atom stereocenters. The average molecular weight is 251 g/mol. The van der Waals surface area contributed by atoms with Crippen LogP contribution in [0.1, 0.15) is 6.92 Å². The summed E-state index contributed by atoms with van der Waals surface area (Å²) in [5, 5.41) is 5.94. The molecule has 0 aliphatic carbocycles. The van der Waals surface area contributed by atoms with E-state index in [1.54, 1.807) is 6.20 Å². The van der Waals surface area contributed by atoms with Crippen LogP contribution in [0.4, 0.5) is 0 Å². The average Bonchev–Trinajstić information content (AvgIpc) is 2.35. The fourth-order valence-corrected chi connectivity index (χ4v) is 1.80. The van der Waals surface area contributed by atoms with E-state index in [1.807, 2.05) is 24.3 Å². The van der Waals surface area contributed by atoms with Gasteiger partial charge in [0.25, 0.3) is 0 Å². The standard InChI is InChI=1S/C13H15ClN2O/c1-2-15-7-8-17-13-12-9-11(14)4-3-10(12)5-6-16-13/h3-6,9,15H,2,7-8H2,1H3. The Hall–Kier alpha value is -1.32. The highest BCUT2D eigenvalue weighted by Gasteiger charge is 2.03. The van der Waals surface area contributed by atoms with Gasteiger partial charge in [0.2, 0.25) is 5.88 Å². The van der Waals surface area contributed by atoms with E-state index in [9.17, 15) is 0 Å². The molecule has 1 aromatic heterocycles. The lowest BCUT2D eigenvalue weighted by Gasteiger charge is -2.08. The molecule has 0 radical (unpaired) electrons. The van der Waals surface area contributed by atoms with Crippen LogP contribution in [-0.4, -0.2) is 24.7 Å². The molecule has 2 rings (SSSR count). The number of ether oxygens (including phenoxy) is 1. The molecule has 0 saturated heterocycles. The van der Waals surface area contributed by atoms with Gasteiger partial charge in [-0.1, -0.05) is 24.6 Å². The van der Waals surface area contributed by atoms with Crippen LogP contribution in [0.3, 0.4) is 0 Å². The maximum atomic E-state index is 5.98. The van der Waals surface area contributed by atoms with Crippen LogP contribution in [0.25, 0.3) is 10.8 Å². The Morgan fingerprint density at radius 2 is 2.24 bits per heavy atom. The lowest BCUT2D eigenvalue weighted by Crippen LogP contribution is -2.20. The molecule has 0 aliphatic rings. The number of pyridine rings is 1. The smallest absolute Gasteiger partial charge is 0.221 e. The van der Waals surface area contributed by atoms with Crippen LogP contribution in [0.5, 0.6) is 5.88 Å². The highest BCUT2D eigenvalue weighted by atomic mass is 35.5. The molecule has 0 spiro atoms. The fourth-order valence-electron chi connectivity index (χ4n) is 1.63. The topological polar surface area (TPSA) is 34.1 Å². The van der Waals surface area contributed by atoms with E-state index in [4.69, 9.17) is 16.3 Å². The Morgan fingerprint density at radius 3 is 3.06 bits per heavy atom. The van der Waals surface area contributed by atoms with Crippen LogP contribution in [-0.2, 0) is 0 Å². The molecule has 1 heterocycles.